The van der Waals surface area contributed by atoms with Gasteiger partial charge in [0.25, 0.3) is 5.91 Å². The van der Waals surface area contributed by atoms with Crippen LogP contribution in [-0.4, -0.2) is 36.4 Å². The predicted octanol–water partition coefficient (Wildman–Crippen LogP) is 4.22. The second kappa shape index (κ2) is 8.32. The molecule has 2 rings (SSSR count). The van der Waals surface area contributed by atoms with Crippen LogP contribution in [0.5, 0.6) is 11.5 Å². The van der Waals surface area contributed by atoms with Crippen molar-refractivity contribution in [2.75, 3.05) is 19.8 Å². The number of ether oxygens (including phenoxy) is 2. The molecule has 1 aromatic rings. The van der Waals surface area contributed by atoms with Crippen molar-refractivity contribution >= 4 is 5.91 Å². The van der Waals surface area contributed by atoms with E-state index in [2.05, 4.69) is 33.0 Å². The number of rotatable bonds is 7. The molecule has 0 fully saturated rings. The van der Waals surface area contributed by atoms with Crippen molar-refractivity contribution in [1.82, 2.24) is 5.32 Å². The lowest BCUT2D eigenvalue weighted by Crippen LogP contribution is -2.53. The van der Waals surface area contributed by atoms with Gasteiger partial charge in [-0.2, -0.15) is 0 Å². The second-order valence-corrected chi connectivity index (χ2v) is 9.62. The molecule has 0 saturated carbocycles. The van der Waals surface area contributed by atoms with Gasteiger partial charge in [-0.1, -0.05) is 27.7 Å². The van der Waals surface area contributed by atoms with Crippen LogP contribution in [0.4, 0.5) is 0 Å². The van der Waals surface area contributed by atoms with Gasteiger partial charge in [-0.15, -0.1) is 0 Å². The van der Waals surface area contributed by atoms with Gasteiger partial charge < -0.3 is 19.9 Å². The molecule has 0 bridgehead atoms. The first-order chi connectivity index (χ1) is 12.9. The number of carbonyl (C=O) groups excluding carboxylic acids is 1. The molecular weight excluding hydrogens is 354 g/mol. The summed E-state index contributed by atoms with van der Waals surface area (Å²) in [5.74, 6) is 1.47. The Hall–Kier alpha value is -1.75. The molecular formula is C23H37NO4. The van der Waals surface area contributed by atoms with E-state index in [9.17, 15) is 9.90 Å². The first-order valence-electron chi connectivity index (χ1n) is 10.2. The molecule has 0 aromatic heterocycles. The van der Waals surface area contributed by atoms with Crippen molar-refractivity contribution in [1.29, 1.82) is 0 Å². The van der Waals surface area contributed by atoms with Crippen LogP contribution in [0.2, 0.25) is 0 Å². The van der Waals surface area contributed by atoms with Crippen molar-refractivity contribution < 1.29 is 19.4 Å². The van der Waals surface area contributed by atoms with Crippen LogP contribution in [0.15, 0.2) is 0 Å². The fourth-order valence-corrected chi connectivity index (χ4v) is 3.54. The molecule has 5 nitrogen and oxygen atoms in total. The Morgan fingerprint density at radius 1 is 1.25 bits per heavy atom. The average molecular weight is 392 g/mol. The van der Waals surface area contributed by atoms with Gasteiger partial charge in [0.2, 0.25) is 0 Å². The summed E-state index contributed by atoms with van der Waals surface area (Å²) in [6.07, 6.45) is 1.29. The Bertz CT molecular complexity index is 739. The number of amides is 1. The van der Waals surface area contributed by atoms with E-state index in [0.29, 0.717) is 37.7 Å². The van der Waals surface area contributed by atoms with E-state index < -0.39 is 5.60 Å². The number of phenols is 1. The maximum Gasteiger partial charge on any atom is 0.263 e. The monoisotopic (exact) mass is 391 g/mol. The van der Waals surface area contributed by atoms with E-state index in [0.717, 1.165) is 34.6 Å². The molecule has 5 heteroatoms. The Kier molecular flexibility index (Phi) is 6.70. The number of aromatic hydroxyl groups is 1. The Labute approximate surface area is 169 Å². The number of hydrogen-bond donors (Lipinski definition) is 2. The van der Waals surface area contributed by atoms with E-state index in [-0.39, 0.29) is 11.3 Å². The molecule has 1 amide bonds. The number of benzene rings is 1. The first kappa shape index (κ1) is 22.5. The number of nitrogens with one attached hydrogen (secondary N) is 1. The highest BCUT2D eigenvalue weighted by molar-refractivity contribution is 5.85. The van der Waals surface area contributed by atoms with E-state index in [1.54, 1.807) is 0 Å². The van der Waals surface area contributed by atoms with Gasteiger partial charge in [-0.05, 0) is 56.7 Å². The van der Waals surface area contributed by atoms with Gasteiger partial charge in [0.1, 0.15) is 11.5 Å². The zero-order valence-electron chi connectivity index (χ0n) is 18.8. The smallest absolute Gasteiger partial charge is 0.263 e. The maximum absolute atomic E-state index is 13.0. The fraction of sp³-hybridized carbons (Fsp3) is 0.696. The molecule has 0 spiro atoms. The van der Waals surface area contributed by atoms with Crippen LogP contribution < -0.4 is 10.1 Å². The molecule has 1 aliphatic heterocycles. The standard InChI is InChI=1S/C23H37NO4/c1-14(2)11-27-13-22(6,7)12-24-21(26)23(8)10-9-18-17(5)19(25)15(3)16(4)20(18)28-23/h14,25H,9-13H2,1-8H3,(H,24,26). The summed E-state index contributed by atoms with van der Waals surface area (Å²) >= 11 is 0. The van der Waals surface area contributed by atoms with Gasteiger partial charge >= 0.3 is 0 Å². The zero-order valence-corrected chi connectivity index (χ0v) is 18.8. The van der Waals surface area contributed by atoms with E-state index in [4.69, 9.17) is 9.47 Å². The minimum absolute atomic E-state index is 0.0992. The van der Waals surface area contributed by atoms with Crippen molar-refractivity contribution in [2.24, 2.45) is 11.3 Å². The largest absolute Gasteiger partial charge is 0.507 e. The summed E-state index contributed by atoms with van der Waals surface area (Å²) in [5.41, 5.74) is 2.51. The topological polar surface area (TPSA) is 67.8 Å². The predicted molar refractivity (Wildman–Crippen MR) is 112 cm³/mol. The number of fused-ring (bicyclic) bond motifs is 1. The maximum atomic E-state index is 13.0. The van der Waals surface area contributed by atoms with E-state index in [1.165, 1.54) is 0 Å². The summed E-state index contributed by atoms with van der Waals surface area (Å²) in [6.45, 7) is 17.9. The quantitative estimate of drug-likeness (QED) is 0.730. The third kappa shape index (κ3) is 4.80. The van der Waals surface area contributed by atoms with E-state index >= 15 is 0 Å². The minimum atomic E-state index is -0.914. The number of phenolic OH excluding ortho intramolecular Hbond substituents is 1. The normalized spacial score (nSPS) is 19.3. The van der Waals surface area contributed by atoms with Gasteiger partial charge in [-0.3, -0.25) is 4.79 Å². The summed E-state index contributed by atoms with van der Waals surface area (Å²) in [5, 5.41) is 13.4. The molecule has 0 saturated heterocycles. The molecule has 0 aliphatic carbocycles. The van der Waals surface area contributed by atoms with Gasteiger partial charge in [0.15, 0.2) is 5.60 Å². The van der Waals surface area contributed by atoms with Gasteiger partial charge in [-0.25, -0.2) is 0 Å². The lowest BCUT2D eigenvalue weighted by Gasteiger charge is -2.37. The molecule has 28 heavy (non-hydrogen) atoms. The Morgan fingerprint density at radius 2 is 1.89 bits per heavy atom. The highest BCUT2D eigenvalue weighted by Gasteiger charge is 2.41. The van der Waals surface area contributed by atoms with Crippen molar-refractivity contribution in [3.8, 4) is 11.5 Å². The summed E-state index contributed by atoms with van der Waals surface area (Å²) in [4.78, 5) is 13.0. The Balaban J connectivity index is 2.07. The summed E-state index contributed by atoms with van der Waals surface area (Å²) in [7, 11) is 0. The SMILES string of the molecule is Cc1c(C)c2c(c(C)c1O)CCC(C)(C(=O)NCC(C)(C)COCC(C)C)O2. The van der Waals surface area contributed by atoms with Crippen molar-refractivity contribution in [3.05, 3.63) is 22.3 Å². The van der Waals surface area contributed by atoms with Crippen LogP contribution in [0.25, 0.3) is 0 Å². The van der Waals surface area contributed by atoms with Crippen LogP contribution in [-0.2, 0) is 16.0 Å². The third-order valence-corrected chi connectivity index (χ3v) is 5.67. The summed E-state index contributed by atoms with van der Waals surface area (Å²) < 4.78 is 12.0. The highest BCUT2D eigenvalue weighted by Crippen LogP contribution is 2.43. The third-order valence-electron chi connectivity index (χ3n) is 5.67. The lowest BCUT2D eigenvalue weighted by atomic mass is 9.86. The lowest BCUT2D eigenvalue weighted by molar-refractivity contribution is -0.137. The second-order valence-electron chi connectivity index (χ2n) is 9.62. The molecule has 2 N–H and O–H groups in total. The molecule has 1 aliphatic rings. The zero-order chi connectivity index (χ0) is 21.3. The molecule has 158 valence electrons. The average Bonchev–Trinajstić information content (AvgIpc) is 2.62. The minimum Gasteiger partial charge on any atom is -0.507 e. The number of carbonyl (C=O) groups is 1. The van der Waals surface area contributed by atoms with Crippen LogP contribution in [0.1, 0.15) is 63.3 Å². The first-order valence-corrected chi connectivity index (χ1v) is 10.2. The van der Waals surface area contributed by atoms with Crippen LogP contribution in [0, 0.1) is 32.1 Å². The number of hydrogen-bond acceptors (Lipinski definition) is 4. The van der Waals surface area contributed by atoms with Gasteiger partial charge in [0, 0.05) is 30.6 Å². The molecule has 1 unspecified atom stereocenters. The Morgan fingerprint density at radius 3 is 2.50 bits per heavy atom. The molecule has 1 aromatic carbocycles. The molecule has 0 radical (unpaired) electrons. The fourth-order valence-electron chi connectivity index (χ4n) is 3.54. The van der Waals surface area contributed by atoms with Crippen LogP contribution in [0.3, 0.4) is 0 Å². The highest BCUT2D eigenvalue weighted by atomic mass is 16.5. The molecule has 1 heterocycles. The van der Waals surface area contributed by atoms with Crippen molar-refractivity contribution in [3.63, 3.8) is 0 Å². The van der Waals surface area contributed by atoms with E-state index in [1.807, 2.05) is 27.7 Å². The summed E-state index contributed by atoms with van der Waals surface area (Å²) in [6, 6.07) is 0. The van der Waals surface area contributed by atoms with Gasteiger partial charge in [0.05, 0.1) is 6.61 Å². The van der Waals surface area contributed by atoms with Crippen LogP contribution >= 0.6 is 0 Å². The molecule has 1 atom stereocenters. The van der Waals surface area contributed by atoms with Crippen molar-refractivity contribution in [2.45, 2.75) is 73.8 Å².